The van der Waals surface area contributed by atoms with Crippen LogP contribution in [0.1, 0.15) is 0 Å². The molecule has 0 amide bonds. The van der Waals surface area contributed by atoms with Gasteiger partial charge >= 0.3 is 6.16 Å². The number of fused-ring (bicyclic) bond motifs is 2. The first-order valence-electron chi connectivity index (χ1n) is 6.82. The van der Waals surface area contributed by atoms with E-state index in [1.165, 1.54) is 0 Å². The van der Waals surface area contributed by atoms with Crippen LogP contribution < -0.4 is 9.47 Å². The van der Waals surface area contributed by atoms with Crippen molar-refractivity contribution in [1.82, 2.24) is 10.3 Å². The van der Waals surface area contributed by atoms with E-state index in [0.717, 1.165) is 24.3 Å². The lowest BCUT2D eigenvalue weighted by atomic mass is 10.2. The first-order chi connectivity index (χ1) is 12.5. The largest absolute Gasteiger partial charge is 0.522 e. The molecule has 4 rings (SSSR count). The molecule has 0 bridgehead atoms. The van der Waals surface area contributed by atoms with Gasteiger partial charge in [-0.2, -0.15) is 8.78 Å². The molecular formula is C15H4F4N2O5. The van der Waals surface area contributed by atoms with E-state index in [-0.39, 0.29) is 10.8 Å². The molecule has 7 nitrogen and oxygen atoms in total. The molecule has 0 spiro atoms. The van der Waals surface area contributed by atoms with Crippen LogP contribution in [0.2, 0.25) is 0 Å². The third kappa shape index (κ3) is 2.41. The van der Waals surface area contributed by atoms with Crippen LogP contribution in [0.25, 0.3) is 21.9 Å². The molecule has 0 saturated heterocycles. The highest BCUT2D eigenvalue weighted by Gasteiger charge is 2.23. The van der Waals surface area contributed by atoms with Crippen LogP contribution in [0, 0.1) is 23.3 Å². The number of benzene rings is 2. The van der Waals surface area contributed by atoms with Crippen LogP contribution in [-0.2, 0) is 0 Å². The SMILES string of the molecule is O=C(Oc1noc2c(F)c(F)ccc12)Oc1noc2c(F)c(F)ccc12. The summed E-state index contributed by atoms with van der Waals surface area (Å²) < 4.78 is 71.9. The van der Waals surface area contributed by atoms with E-state index in [9.17, 15) is 22.4 Å². The van der Waals surface area contributed by atoms with E-state index in [2.05, 4.69) is 19.4 Å². The quantitative estimate of drug-likeness (QED) is 0.389. The second-order valence-electron chi connectivity index (χ2n) is 4.91. The lowest BCUT2D eigenvalue weighted by molar-refractivity contribution is 0.145. The molecule has 0 fully saturated rings. The number of carbonyl (C=O) groups excluding carboxylic acids is 1. The van der Waals surface area contributed by atoms with Crippen molar-refractivity contribution >= 4 is 28.1 Å². The Morgan fingerprint density at radius 1 is 0.769 bits per heavy atom. The molecule has 132 valence electrons. The summed E-state index contributed by atoms with van der Waals surface area (Å²) in [6.45, 7) is 0. The molecule has 2 aromatic heterocycles. The predicted octanol–water partition coefficient (Wildman–Crippen LogP) is 4.10. The van der Waals surface area contributed by atoms with Crippen LogP contribution in [0.15, 0.2) is 33.3 Å². The van der Waals surface area contributed by atoms with E-state index < -0.39 is 52.4 Å². The molecule has 0 N–H and O–H groups in total. The van der Waals surface area contributed by atoms with Crippen molar-refractivity contribution in [2.75, 3.05) is 0 Å². The van der Waals surface area contributed by atoms with Gasteiger partial charge in [0, 0.05) is 0 Å². The molecule has 4 aromatic rings. The van der Waals surface area contributed by atoms with Gasteiger partial charge in [-0.1, -0.05) is 0 Å². The van der Waals surface area contributed by atoms with Crippen molar-refractivity contribution in [3.05, 3.63) is 47.5 Å². The zero-order valence-electron chi connectivity index (χ0n) is 12.3. The van der Waals surface area contributed by atoms with Crippen molar-refractivity contribution in [3.8, 4) is 11.8 Å². The van der Waals surface area contributed by atoms with E-state index in [0.29, 0.717) is 0 Å². The number of halogens is 4. The summed E-state index contributed by atoms with van der Waals surface area (Å²) in [5, 5.41) is 6.34. The third-order valence-corrected chi connectivity index (χ3v) is 3.36. The minimum Gasteiger partial charge on any atom is -0.372 e. The molecule has 26 heavy (non-hydrogen) atoms. The minimum atomic E-state index is -1.40. The predicted molar refractivity (Wildman–Crippen MR) is 74.5 cm³/mol. The highest BCUT2D eigenvalue weighted by molar-refractivity contribution is 5.87. The van der Waals surface area contributed by atoms with Gasteiger partial charge < -0.3 is 18.5 Å². The molecule has 11 heteroatoms. The van der Waals surface area contributed by atoms with Crippen molar-refractivity contribution in [1.29, 1.82) is 0 Å². The van der Waals surface area contributed by atoms with Crippen LogP contribution in [0.5, 0.6) is 11.8 Å². The molecule has 0 aliphatic heterocycles. The van der Waals surface area contributed by atoms with Crippen LogP contribution in [-0.4, -0.2) is 16.5 Å². The van der Waals surface area contributed by atoms with Gasteiger partial charge in [0.05, 0.1) is 10.8 Å². The maximum atomic E-state index is 13.5. The van der Waals surface area contributed by atoms with Crippen LogP contribution in [0.4, 0.5) is 22.4 Å². The van der Waals surface area contributed by atoms with Gasteiger partial charge in [0.15, 0.2) is 11.6 Å². The van der Waals surface area contributed by atoms with E-state index in [1.807, 2.05) is 0 Å². The molecular weight excluding hydrogens is 364 g/mol. The standard InChI is InChI=1S/C15H4F4N2O5/c16-7-3-1-5-11(9(7)18)25-20-13(5)23-15(22)24-14-6-2-4-8(17)10(19)12(6)26-21-14/h1-4H. The summed E-state index contributed by atoms with van der Waals surface area (Å²) >= 11 is 0. The number of ether oxygens (including phenoxy) is 2. The van der Waals surface area contributed by atoms with Gasteiger partial charge in [-0.15, -0.1) is 0 Å². The number of aromatic nitrogens is 2. The average Bonchev–Trinajstić information content (AvgIpc) is 3.20. The van der Waals surface area contributed by atoms with Gasteiger partial charge in [0.1, 0.15) is 0 Å². The molecule has 0 aliphatic carbocycles. The fourth-order valence-electron chi connectivity index (χ4n) is 2.18. The summed E-state index contributed by atoms with van der Waals surface area (Å²) in [5.74, 6) is -5.95. The Morgan fingerprint density at radius 3 is 1.62 bits per heavy atom. The normalized spacial score (nSPS) is 11.2. The highest BCUT2D eigenvalue weighted by Crippen LogP contribution is 2.30. The molecule has 2 aromatic carbocycles. The van der Waals surface area contributed by atoms with Crippen LogP contribution in [0.3, 0.4) is 0 Å². The van der Waals surface area contributed by atoms with Gasteiger partial charge in [-0.25, -0.2) is 13.6 Å². The topological polar surface area (TPSA) is 87.6 Å². The van der Waals surface area contributed by atoms with Crippen molar-refractivity contribution in [2.24, 2.45) is 0 Å². The Bertz CT molecular complexity index is 1080. The first kappa shape index (κ1) is 15.9. The summed E-state index contributed by atoms with van der Waals surface area (Å²) in [7, 11) is 0. The van der Waals surface area contributed by atoms with E-state index in [1.54, 1.807) is 0 Å². The highest BCUT2D eigenvalue weighted by atomic mass is 19.2. The number of rotatable bonds is 2. The van der Waals surface area contributed by atoms with Crippen LogP contribution >= 0.6 is 0 Å². The first-order valence-corrected chi connectivity index (χ1v) is 6.82. The summed E-state index contributed by atoms with van der Waals surface area (Å²) in [6.07, 6.45) is -1.40. The second kappa shape index (κ2) is 5.72. The molecule has 0 aliphatic rings. The number of hydrogen-bond acceptors (Lipinski definition) is 7. The lowest BCUT2D eigenvalue weighted by Gasteiger charge is -2.00. The molecule has 0 unspecified atom stereocenters. The Balaban J connectivity index is 1.60. The van der Waals surface area contributed by atoms with Crippen molar-refractivity contribution in [2.45, 2.75) is 0 Å². The Kier molecular flexibility index (Phi) is 3.49. The number of carbonyl (C=O) groups is 1. The van der Waals surface area contributed by atoms with Crippen molar-refractivity contribution in [3.63, 3.8) is 0 Å². The summed E-state index contributed by atoms with van der Waals surface area (Å²) in [5.41, 5.74) is -1.12. The van der Waals surface area contributed by atoms with Gasteiger partial charge in [0.2, 0.25) is 22.8 Å². The van der Waals surface area contributed by atoms with Gasteiger partial charge in [0.25, 0.3) is 11.8 Å². The molecule has 0 saturated carbocycles. The number of nitrogens with zero attached hydrogens (tertiary/aromatic N) is 2. The maximum absolute atomic E-state index is 13.5. The fourth-order valence-corrected chi connectivity index (χ4v) is 2.18. The van der Waals surface area contributed by atoms with Gasteiger partial charge in [-0.3, -0.25) is 0 Å². The minimum absolute atomic E-state index is 0.126. The van der Waals surface area contributed by atoms with Crippen molar-refractivity contribution < 1.29 is 40.9 Å². The monoisotopic (exact) mass is 368 g/mol. The molecule has 0 atom stereocenters. The van der Waals surface area contributed by atoms with E-state index >= 15 is 0 Å². The third-order valence-electron chi connectivity index (χ3n) is 3.36. The zero-order chi connectivity index (χ0) is 18.4. The zero-order valence-corrected chi connectivity index (χ0v) is 12.3. The Labute approximate surface area is 139 Å². The lowest BCUT2D eigenvalue weighted by Crippen LogP contribution is -2.14. The molecule has 2 heterocycles. The fraction of sp³-hybridized carbons (Fsp3) is 0. The molecule has 0 radical (unpaired) electrons. The maximum Gasteiger partial charge on any atom is 0.522 e. The van der Waals surface area contributed by atoms with Gasteiger partial charge in [-0.05, 0) is 34.6 Å². The second-order valence-corrected chi connectivity index (χ2v) is 4.91. The number of hydrogen-bond donors (Lipinski definition) is 0. The smallest absolute Gasteiger partial charge is 0.372 e. The summed E-state index contributed by atoms with van der Waals surface area (Å²) in [6, 6.07) is 3.73. The summed E-state index contributed by atoms with van der Waals surface area (Å²) in [4.78, 5) is 11.8. The van der Waals surface area contributed by atoms with E-state index in [4.69, 9.17) is 9.47 Å². The Hall–Kier alpha value is -3.63. The average molecular weight is 368 g/mol. The Morgan fingerprint density at radius 2 is 1.19 bits per heavy atom.